The number of para-hydroxylation sites is 2. The van der Waals surface area contributed by atoms with Crippen LogP contribution < -0.4 is 9.64 Å². The van der Waals surface area contributed by atoms with Crippen LogP contribution in [-0.4, -0.2) is 30.1 Å². The molecule has 4 rings (SSSR count). The van der Waals surface area contributed by atoms with Gasteiger partial charge >= 0.3 is 0 Å². The molecule has 0 amide bonds. The summed E-state index contributed by atoms with van der Waals surface area (Å²) in [5, 5.41) is 10.8. The summed E-state index contributed by atoms with van der Waals surface area (Å²) in [5.74, 6) is 0.103. The van der Waals surface area contributed by atoms with E-state index in [1.54, 1.807) is 30.3 Å². The van der Waals surface area contributed by atoms with Crippen LogP contribution in [-0.2, 0) is 13.0 Å². The van der Waals surface area contributed by atoms with E-state index in [1.165, 1.54) is 12.1 Å². The van der Waals surface area contributed by atoms with Crippen LogP contribution in [0.4, 0.5) is 10.1 Å². The summed E-state index contributed by atoms with van der Waals surface area (Å²) in [6.07, 6.45) is 0.0333. The Balaban J connectivity index is 0.00000380. The third kappa shape index (κ3) is 8.45. The van der Waals surface area contributed by atoms with Gasteiger partial charge in [-0.05, 0) is 53.9 Å². The molecule has 0 heterocycles. The Kier molecular flexibility index (Phi) is 10.7. The fourth-order valence-corrected chi connectivity index (χ4v) is 4.06. The summed E-state index contributed by atoms with van der Waals surface area (Å²) in [6, 6.07) is 33.3. The van der Waals surface area contributed by atoms with Gasteiger partial charge in [-0.1, -0.05) is 72.8 Å². The minimum absolute atomic E-state index is 0. The lowest BCUT2D eigenvalue weighted by Gasteiger charge is -2.27. The highest BCUT2D eigenvalue weighted by Gasteiger charge is 2.17. The van der Waals surface area contributed by atoms with Crippen LogP contribution in [0.5, 0.6) is 5.75 Å². The average molecular weight is 520 g/mol. The second kappa shape index (κ2) is 14.2. The molecule has 4 aromatic carbocycles. The predicted octanol–water partition coefficient (Wildman–Crippen LogP) is 6.51. The molecule has 0 aromatic heterocycles. The van der Waals surface area contributed by atoms with Crippen molar-refractivity contribution in [3.05, 3.63) is 132 Å². The summed E-state index contributed by atoms with van der Waals surface area (Å²) >= 11 is 0. The third-order valence-corrected chi connectivity index (χ3v) is 5.94. The topological polar surface area (TPSA) is 49.8 Å². The first kappa shape index (κ1) is 27.9. The molecule has 4 nitrogen and oxygen atoms in total. The number of hydrogen-bond donors (Lipinski definition) is 1. The van der Waals surface area contributed by atoms with Gasteiger partial charge in [0.25, 0.3) is 0 Å². The van der Waals surface area contributed by atoms with E-state index in [1.807, 2.05) is 54.6 Å². The number of hydrogen-bond acceptors (Lipinski definition) is 4. The van der Waals surface area contributed by atoms with E-state index in [2.05, 4.69) is 17.0 Å². The van der Waals surface area contributed by atoms with Crippen LogP contribution in [0.2, 0.25) is 0 Å². The molecule has 0 saturated heterocycles. The van der Waals surface area contributed by atoms with Crippen molar-refractivity contribution in [1.82, 2.24) is 0 Å². The van der Waals surface area contributed by atoms with E-state index in [9.17, 15) is 14.3 Å². The van der Waals surface area contributed by atoms with Crippen LogP contribution in [0.25, 0.3) is 0 Å². The summed E-state index contributed by atoms with van der Waals surface area (Å²) in [6.45, 7) is 1.08. The highest BCUT2D eigenvalue weighted by atomic mass is 35.5. The zero-order valence-electron chi connectivity index (χ0n) is 20.5. The Bertz CT molecular complexity index is 1240. The molecule has 0 saturated carbocycles. The fraction of sp³-hybridized carbons (Fsp3) is 0.194. The van der Waals surface area contributed by atoms with E-state index in [0.29, 0.717) is 30.8 Å². The van der Waals surface area contributed by atoms with Crippen molar-refractivity contribution in [2.75, 3.05) is 18.1 Å². The third-order valence-electron chi connectivity index (χ3n) is 5.94. The second-order valence-electron chi connectivity index (χ2n) is 8.71. The summed E-state index contributed by atoms with van der Waals surface area (Å²) in [5.41, 5.74) is 3.54. The van der Waals surface area contributed by atoms with Crippen molar-refractivity contribution >= 4 is 23.9 Å². The maximum absolute atomic E-state index is 13.1. The van der Waals surface area contributed by atoms with E-state index < -0.39 is 6.10 Å². The van der Waals surface area contributed by atoms with Crippen molar-refractivity contribution < 1.29 is 19.0 Å². The van der Waals surface area contributed by atoms with Crippen LogP contribution in [0, 0.1) is 5.82 Å². The number of nitrogens with zero attached hydrogens (tertiary/aromatic N) is 1. The number of aryl methyl sites for hydroxylation is 1. The van der Waals surface area contributed by atoms with Gasteiger partial charge in [-0.25, -0.2) is 4.39 Å². The Hall–Kier alpha value is -3.67. The minimum Gasteiger partial charge on any atom is -0.490 e. The Morgan fingerprint density at radius 1 is 0.811 bits per heavy atom. The van der Waals surface area contributed by atoms with Crippen molar-refractivity contribution in [1.29, 1.82) is 0 Å². The maximum Gasteiger partial charge on any atom is 0.166 e. The van der Waals surface area contributed by atoms with E-state index in [-0.39, 0.29) is 37.0 Å². The number of aliphatic hydroxyl groups excluding tert-OH is 1. The number of ether oxygens (including phenoxy) is 1. The number of rotatable bonds is 12. The lowest BCUT2D eigenvalue weighted by molar-refractivity contribution is 0.0958. The van der Waals surface area contributed by atoms with Crippen LogP contribution in [0.15, 0.2) is 109 Å². The van der Waals surface area contributed by atoms with Crippen molar-refractivity contribution in [3.8, 4) is 5.75 Å². The number of Topliss-reactive ketones (excluding diaryl/α,β-unsaturated/α-hetero) is 1. The number of carbonyl (C=O) groups is 1. The number of aliphatic hydroxyl groups is 1. The number of anilines is 1. The molecule has 6 heteroatoms. The van der Waals surface area contributed by atoms with Gasteiger partial charge < -0.3 is 14.7 Å². The SMILES string of the molecule is Cl.O=C(CCc1ccc(F)cc1)c1ccccc1OCC(O)CN(Cc1ccccc1)c1ccccc1. The monoisotopic (exact) mass is 519 g/mol. The van der Waals surface area contributed by atoms with Gasteiger partial charge in [0.1, 0.15) is 24.3 Å². The molecular formula is C31H31ClFNO3. The first-order chi connectivity index (χ1) is 17.6. The van der Waals surface area contributed by atoms with E-state index in [4.69, 9.17) is 4.74 Å². The van der Waals surface area contributed by atoms with Crippen molar-refractivity contribution in [3.63, 3.8) is 0 Å². The van der Waals surface area contributed by atoms with Gasteiger partial charge in [0.15, 0.2) is 5.78 Å². The molecule has 0 fully saturated rings. The van der Waals surface area contributed by atoms with E-state index in [0.717, 1.165) is 16.8 Å². The van der Waals surface area contributed by atoms with Crippen LogP contribution in [0.1, 0.15) is 27.9 Å². The van der Waals surface area contributed by atoms with E-state index >= 15 is 0 Å². The lowest BCUT2D eigenvalue weighted by Crippen LogP contribution is -2.35. The number of ketones is 1. The molecule has 1 N–H and O–H groups in total. The second-order valence-corrected chi connectivity index (χ2v) is 8.71. The standard InChI is InChI=1S/C31H30FNO3.ClH/c32-26-18-15-24(16-19-26)17-20-30(35)29-13-7-8-14-31(29)36-23-28(34)22-33(27-11-5-2-6-12-27)21-25-9-3-1-4-10-25;/h1-16,18-19,28,34H,17,20-23H2;1H. The molecule has 192 valence electrons. The molecule has 0 aliphatic rings. The number of carbonyl (C=O) groups excluding carboxylic acids is 1. The van der Waals surface area contributed by atoms with Gasteiger partial charge in [0.05, 0.1) is 5.56 Å². The normalized spacial score (nSPS) is 11.3. The van der Waals surface area contributed by atoms with Gasteiger partial charge in [0, 0.05) is 25.2 Å². The lowest BCUT2D eigenvalue weighted by atomic mass is 10.0. The molecule has 1 unspecified atom stereocenters. The summed E-state index contributed by atoms with van der Waals surface area (Å²) in [7, 11) is 0. The van der Waals surface area contributed by atoms with Crippen LogP contribution in [0.3, 0.4) is 0 Å². The molecule has 0 spiro atoms. The van der Waals surface area contributed by atoms with Gasteiger partial charge in [-0.15, -0.1) is 12.4 Å². The average Bonchev–Trinajstić information content (AvgIpc) is 2.92. The zero-order chi connectivity index (χ0) is 25.2. The molecule has 0 radical (unpaired) electrons. The molecular weight excluding hydrogens is 489 g/mol. The highest BCUT2D eigenvalue weighted by molar-refractivity contribution is 5.98. The smallest absolute Gasteiger partial charge is 0.166 e. The highest BCUT2D eigenvalue weighted by Crippen LogP contribution is 2.22. The molecule has 1 atom stereocenters. The number of halogens is 2. The minimum atomic E-state index is -0.767. The quantitative estimate of drug-likeness (QED) is 0.217. The first-order valence-electron chi connectivity index (χ1n) is 12.1. The van der Waals surface area contributed by atoms with Gasteiger partial charge in [0.2, 0.25) is 0 Å². The predicted molar refractivity (Wildman–Crippen MR) is 148 cm³/mol. The van der Waals surface area contributed by atoms with Gasteiger partial charge in [-0.3, -0.25) is 4.79 Å². The molecule has 37 heavy (non-hydrogen) atoms. The Morgan fingerprint density at radius 3 is 2.14 bits per heavy atom. The van der Waals surface area contributed by atoms with Crippen molar-refractivity contribution in [2.45, 2.75) is 25.5 Å². The number of benzene rings is 4. The summed E-state index contributed by atoms with van der Waals surface area (Å²) in [4.78, 5) is 15.0. The van der Waals surface area contributed by atoms with Crippen LogP contribution >= 0.6 is 12.4 Å². The Morgan fingerprint density at radius 2 is 1.43 bits per heavy atom. The first-order valence-corrected chi connectivity index (χ1v) is 12.1. The molecule has 0 bridgehead atoms. The summed E-state index contributed by atoms with van der Waals surface area (Å²) < 4.78 is 19.1. The fourth-order valence-electron chi connectivity index (χ4n) is 4.06. The molecule has 0 aliphatic carbocycles. The Labute approximate surface area is 223 Å². The molecule has 0 aliphatic heterocycles. The molecule has 4 aromatic rings. The zero-order valence-corrected chi connectivity index (χ0v) is 21.3. The maximum atomic E-state index is 13.1. The largest absolute Gasteiger partial charge is 0.490 e. The van der Waals surface area contributed by atoms with Gasteiger partial charge in [-0.2, -0.15) is 0 Å². The van der Waals surface area contributed by atoms with Crippen molar-refractivity contribution in [2.24, 2.45) is 0 Å².